The summed E-state index contributed by atoms with van der Waals surface area (Å²) in [6.07, 6.45) is 3.77. The topological polar surface area (TPSA) is 228 Å². The molecule has 9 N–H and O–H groups in total. The Hall–Kier alpha value is -3.88. The van der Waals surface area contributed by atoms with Crippen LogP contribution < -0.4 is 27.4 Å². The van der Waals surface area contributed by atoms with Crippen molar-refractivity contribution in [2.24, 2.45) is 17.4 Å². The number of hydrogen-bond donors (Lipinski definition) is 7. The number of carboxylic acids is 1. The Balaban J connectivity index is 0.00000132. The number of aromatic nitrogens is 3. The van der Waals surface area contributed by atoms with Gasteiger partial charge in [0.1, 0.15) is 12.2 Å². The molecule has 2 aromatic rings. The molecule has 14 heteroatoms. The van der Waals surface area contributed by atoms with Crippen LogP contribution in [-0.2, 0) is 34.1 Å². The molecular formula is C24H38N8O6. The molecule has 0 radical (unpaired) electrons. The Bertz CT molecular complexity index is 1070. The number of carbonyl (C=O) groups is 4. The molecule has 14 nitrogen and oxygen atoms in total. The van der Waals surface area contributed by atoms with E-state index in [0.717, 1.165) is 11.2 Å². The molecule has 1 aromatic carbocycles. The van der Waals surface area contributed by atoms with Crippen molar-refractivity contribution in [3.05, 3.63) is 41.2 Å². The van der Waals surface area contributed by atoms with Crippen molar-refractivity contribution in [3.8, 4) is 0 Å². The molecule has 0 aliphatic carbocycles. The van der Waals surface area contributed by atoms with Gasteiger partial charge in [-0.05, 0) is 36.6 Å². The number of carboxylic acid groups (broad SMARTS) is 1. The summed E-state index contributed by atoms with van der Waals surface area (Å²) < 4.78 is 1.12. The van der Waals surface area contributed by atoms with Crippen molar-refractivity contribution in [2.75, 3.05) is 18.4 Å². The SMILES string of the molecule is CC(C)C(N)C(=O)NCC(=O)Nc1ccc(CO)c(C(=O)NCc2cn(CC(=O)O)nn2)c1.CCCCN. The molecule has 3 amide bonds. The first kappa shape index (κ1) is 32.1. The summed E-state index contributed by atoms with van der Waals surface area (Å²) in [6.45, 7) is 5.46. The third-order valence-electron chi connectivity index (χ3n) is 5.12. The summed E-state index contributed by atoms with van der Waals surface area (Å²) >= 11 is 0. The summed E-state index contributed by atoms with van der Waals surface area (Å²) in [5, 5.41) is 33.4. The van der Waals surface area contributed by atoms with Crippen LogP contribution in [0.4, 0.5) is 5.69 Å². The molecule has 0 aliphatic rings. The first-order chi connectivity index (χ1) is 18.0. The molecule has 2 rings (SSSR count). The summed E-state index contributed by atoms with van der Waals surface area (Å²) in [6, 6.07) is 3.66. The van der Waals surface area contributed by atoms with Crippen molar-refractivity contribution in [3.63, 3.8) is 0 Å². The van der Waals surface area contributed by atoms with Crippen molar-refractivity contribution in [2.45, 2.75) is 59.4 Å². The van der Waals surface area contributed by atoms with Gasteiger partial charge >= 0.3 is 5.97 Å². The van der Waals surface area contributed by atoms with Gasteiger partial charge in [-0.2, -0.15) is 0 Å². The second-order valence-electron chi connectivity index (χ2n) is 8.69. The van der Waals surface area contributed by atoms with Gasteiger partial charge in [-0.3, -0.25) is 19.2 Å². The molecule has 38 heavy (non-hydrogen) atoms. The fourth-order valence-electron chi connectivity index (χ4n) is 2.90. The predicted octanol–water partition coefficient (Wildman–Crippen LogP) is -0.432. The van der Waals surface area contributed by atoms with Crippen molar-refractivity contribution >= 4 is 29.4 Å². The van der Waals surface area contributed by atoms with Crippen LogP contribution in [0.15, 0.2) is 24.4 Å². The molecule has 1 heterocycles. The molecule has 1 atom stereocenters. The van der Waals surface area contributed by atoms with Crippen LogP contribution in [0.3, 0.4) is 0 Å². The number of aliphatic hydroxyl groups excluding tert-OH is 1. The van der Waals surface area contributed by atoms with Gasteiger partial charge in [0.25, 0.3) is 5.91 Å². The summed E-state index contributed by atoms with van der Waals surface area (Å²) in [7, 11) is 0. The zero-order chi connectivity index (χ0) is 28.7. The average molecular weight is 535 g/mol. The van der Waals surface area contributed by atoms with E-state index in [4.69, 9.17) is 16.6 Å². The minimum absolute atomic E-state index is 0.0257. The Labute approximate surface area is 221 Å². The molecule has 210 valence electrons. The van der Waals surface area contributed by atoms with E-state index in [0.29, 0.717) is 11.3 Å². The number of hydrogen-bond acceptors (Lipinski definition) is 9. The van der Waals surface area contributed by atoms with Crippen LogP contribution in [0.25, 0.3) is 0 Å². The molecule has 1 unspecified atom stereocenters. The first-order valence-electron chi connectivity index (χ1n) is 12.2. The fraction of sp³-hybridized carbons (Fsp3) is 0.500. The van der Waals surface area contributed by atoms with Gasteiger partial charge < -0.3 is 37.6 Å². The van der Waals surface area contributed by atoms with Crippen LogP contribution in [0.2, 0.25) is 0 Å². The van der Waals surface area contributed by atoms with E-state index >= 15 is 0 Å². The Kier molecular flexibility index (Phi) is 14.2. The maximum absolute atomic E-state index is 12.6. The van der Waals surface area contributed by atoms with Crippen LogP contribution in [0.5, 0.6) is 0 Å². The highest BCUT2D eigenvalue weighted by molar-refractivity contribution is 5.99. The fourth-order valence-corrected chi connectivity index (χ4v) is 2.90. The standard InChI is InChI=1S/C20H27N7O6.C4H11N/c1-11(2)18(21)20(33)23-7-16(29)24-13-4-3-12(10-28)15(5-13)19(32)22-6-14-8-27(26-25-14)9-17(30)31;1-2-3-4-5/h3-5,8,11,18,28H,6-7,9-10,21H2,1-2H3,(H,22,32)(H,23,33)(H,24,29)(H,30,31);2-5H2,1H3. The highest BCUT2D eigenvalue weighted by Gasteiger charge is 2.18. The smallest absolute Gasteiger partial charge is 0.325 e. The molecule has 0 aliphatic heterocycles. The highest BCUT2D eigenvalue weighted by atomic mass is 16.4. The Morgan fingerprint density at radius 1 is 1.16 bits per heavy atom. The Morgan fingerprint density at radius 3 is 2.42 bits per heavy atom. The number of benzene rings is 1. The van der Waals surface area contributed by atoms with E-state index in [2.05, 4.69) is 33.2 Å². The van der Waals surface area contributed by atoms with Gasteiger partial charge in [0.2, 0.25) is 11.8 Å². The van der Waals surface area contributed by atoms with E-state index in [-0.39, 0.29) is 36.8 Å². The number of nitrogens with two attached hydrogens (primary N) is 2. The largest absolute Gasteiger partial charge is 0.480 e. The third-order valence-corrected chi connectivity index (χ3v) is 5.12. The highest BCUT2D eigenvalue weighted by Crippen LogP contribution is 2.16. The minimum Gasteiger partial charge on any atom is -0.480 e. The van der Waals surface area contributed by atoms with Crippen molar-refractivity contribution in [1.82, 2.24) is 25.6 Å². The second-order valence-corrected chi connectivity index (χ2v) is 8.69. The van der Waals surface area contributed by atoms with Crippen LogP contribution in [-0.4, -0.2) is 68.0 Å². The molecule has 0 saturated carbocycles. The number of nitrogens with one attached hydrogen (secondary N) is 3. The van der Waals surface area contributed by atoms with Gasteiger partial charge in [-0.25, -0.2) is 4.68 Å². The van der Waals surface area contributed by atoms with E-state index < -0.39 is 36.3 Å². The second kappa shape index (κ2) is 16.8. The van der Waals surface area contributed by atoms with Gasteiger partial charge in [-0.15, -0.1) is 5.10 Å². The lowest BCUT2D eigenvalue weighted by Crippen LogP contribution is -2.46. The summed E-state index contributed by atoms with van der Waals surface area (Å²) in [4.78, 5) is 47.4. The van der Waals surface area contributed by atoms with E-state index in [9.17, 15) is 24.3 Å². The maximum atomic E-state index is 12.6. The lowest BCUT2D eigenvalue weighted by atomic mass is 10.1. The number of nitrogens with zero attached hydrogens (tertiary/aromatic N) is 3. The summed E-state index contributed by atoms with van der Waals surface area (Å²) in [5.41, 5.74) is 12.0. The number of aliphatic hydroxyl groups is 1. The van der Waals surface area contributed by atoms with Crippen LogP contribution in [0, 0.1) is 5.92 Å². The molecule has 0 spiro atoms. The van der Waals surface area contributed by atoms with Gasteiger partial charge in [0, 0.05) is 11.3 Å². The summed E-state index contributed by atoms with van der Waals surface area (Å²) in [5.74, 6) is -2.67. The molecule has 0 bridgehead atoms. The number of amides is 3. The van der Waals surface area contributed by atoms with E-state index in [1.807, 2.05) is 0 Å². The number of aliphatic carboxylic acids is 1. The zero-order valence-corrected chi connectivity index (χ0v) is 21.9. The monoisotopic (exact) mass is 534 g/mol. The minimum atomic E-state index is -1.08. The lowest BCUT2D eigenvalue weighted by Gasteiger charge is -2.15. The number of anilines is 1. The van der Waals surface area contributed by atoms with Crippen molar-refractivity contribution < 1.29 is 29.4 Å². The van der Waals surface area contributed by atoms with Gasteiger partial charge in [0.15, 0.2) is 0 Å². The average Bonchev–Trinajstić information content (AvgIpc) is 3.32. The maximum Gasteiger partial charge on any atom is 0.325 e. The lowest BCUT2D eigenvalue weighted by molar-refractivity contribution is -0.138. The number of rotatable bonds is 13. The van der Waals surface area contributed by atoms with Crippen LogP contribution in [0.1, 0.15) is 55.2 Å². The molecule has 0 fully saturated rings. The quantitative estimate of drug-likeness (QED) is 0.175. The van der Waals surface area contributed by atoms with E-state index in [1.54, 1.807) is 13.8 Å². The molecule has 0 saturated heterocycles. The molecular weight excluding hydrogens is 496 g/mol. The van der Waals surface area contributed by atoms with E-state index in [1.165, 1.54) is 37.2 Å². The predicted molar refractivity (Wildman–Crippen MR) is 140 cm³/mol. The van der Waals surface area contributed by atoms with Gasteiger partial charge in [0.05, 0.1) is 31.9 Å². The number of unbranched alkanes of at least 4 members (excludes halogenated alkanes) is 1. The zero-order valence-electron chi connectivity index (χ0n) is 21.9. The Morgan fingerprint density at radius 2 is 1.87 bits per heavy atom. The molecule has 1 aromatic heterocycles. The normalized spacial score (nSPS) is 11.2. The van der Waals surface area contributed by atoms with Crippen LogP contribution >= 0.6 is 0 Å². The number of carbonyl (C=O) groups excluding carboxylic acids is 3. The van der Waals surface area contributed by atoms with Gasteiger partial charge in [-0.1, -0.05) is 38.5 Å². The first-order valence-corrected chi connectivity index (χ1v) is 12.2. The third kappa shape index (κ3) is 11.5. The van der Waals surface area contributed by atoms with Crippen molar-refractivity contribution in [1.29, 1.82) is 0 Å².